The van der Waals surface area contributed by atoms with Gasteiger partial charge >= 0.3 is 0 Å². The number of aromatic nitrogens is 1. The van der Waals surface area contributed by atoms with E-state index in [9.17, 15) is 0 Å². The minimum atomic E-state index is 0.109. The van der Waals surface area contributed by atoms with Crippen molar-refractivity contribution in [2.75, 3.05) is 0 Å². The van der Waals surface area contributed by atoms with Crippen LogP contribution in [0.2, 0.25) is 0 Å². The summed E-state index contributed by atoms with van der Waals surface area (Å²) >= 11 is 1.70. The van der Waals surface area contributed by atoms with Crippen LogP contribution in [-0.4, -0.2) is 10.1 Å². The number of aliphatic hydroxyl groups excluding tert-OH is 1. The molecular formula is C10H15NOS. The van der Waals surface area contributed by atoms with Crippen molar-refractivity contribution < 1.29 is 5.11 Å². The van der Waals surface area contributed by atoms with Crippen molar-refractivity contribution in [3.8, 4) is 0 Å². The SMILES string of the molecule is OCc1nc2c(s1)CCCCCC2. The Hall–Kier alpha value is -0.410. The molecule has 1 heterocycles. The Labute approximate surface area is 82.6 Å². The second-order valence-electron chi connectivity index (χ2n) is 3.55. The lowest BCUT2D eigenvalue weighted by atomic mass is 10.0. The topological polar surface area (TPSA) is 33.1 Å². The summed E-state index contributed by atoms with van der Waals surface area (Å²) in [4.78, 5) is 5.86. The molecule has 0 bridgehead atoms. The van der Waals surface area contributed by atoms with Gasteiger partial charge in [-0.1, -0.05) is 12.8 Å². The molecule has 0 aromatic carbocycles. The molecule has 0 saturated carbocycles. The van der Waals surface area contributed by atoms with Crippen molar-refractivity contribution in [2.24, 2.45) is 0 Å². The monoisotopic (exact) mass is 197 g/mol. The molecule has 0 amide bonds. The number of aryl methyl sites for hydroxylation is 2. The highest BCUT2D eigenvalue weighted by molar-refractivity contribution is 7.11. The second kappa shape index (κ2) is 4.20. The molecule has 0 atom stereocenters. The molecule has 1 aromatic heterocycles. The van der Waals surface area contributed by atoms with Crippen LogP contribution in [0.3, 0.4) is 0 Å². The molecule has 1 aromatic rings. The summed E-state index contributed by atoms with van der Waals surface area (Å²) < 4.78 is 0. The molecule has 2 nitrogen and oxygen atoms in total. The van der Waals surface area contributed by atoms with Gasteiger partial charge in [0.05, 0.1) is 12.3 Å². The van der Waals surface area contributed by atoms with E-state index in [1.54, 1.807) is 11.3 Å². The first kappa shape index (κ1) is 9.16. The number of aliphatic hydroxyl groups is 1. The average Bonchev–Trinajstić information content (AvgIpc) is 2.47. The van der Waals surface area contributed by atoms with Gasteiger partial charge in [-0.3, -0.25) is 0 Å². The van der Waals surface area contributed by atoms with Gasteiger partial charge in [-0.25, -0.2) is 4.98 Å². The molecule has 0 unspecified atom stereocenters. The van der Waals surface area contributed by atoms with Gasteiger partial charge in [0, 0.05) is 4.88 Å². The molecule has 0 fully saturated rings. The number of thiazole rings is 1. The minimum absolute atomic E-state index is 0.109. The van der Waals surface area contributed by atoms with E-state index < -0.39 is 0 Å². The third kappa shape index (κ3) is 2.09. The largest absolute Gasteiger partial charge is 0.389 e. The van der Waals surface area contributed by atoms with Gasteiger partial charge in [-0.2, -0.15) is 0 Å². The molecule has 72 valence electrons. The van der Waals surface area contributed by atoms with Gasteiger partial charge in [0.15, 0.2) is 0 Å². The highest BCUT2D eigenvalue weighted by Crippen LogP contribution is 2.25. The number of hydrogen-bond donors (Lipinski definition) is 1. The lowest BCUT2D eigenvalue weighted by Crippen LogP contribution is -1.96. The molecule has 2 rings (SSSR count). The number of rotatable bonds is 1. The summed E-state index contributed by atoms with van der Waals surface area (Å²) in [6, 6.07) is 0. The van der Waals surface area contributed by atoms with E-state index in [4.69, 9.17) is 5.11 Å². The van der Waals surface area contributed by atoms with E-state index in [-0.39, 0.29) is 6.61 Å². The van der Waals surface area contributed by atoms with Crippen molar-refractivity contribution >= 4 is 11.3 Å². The zero-order valence-corrected chi connectivity index (χ0v) is 8.57. The first-order valence-electron chi connectivity index (χ1n) is 4.98. The molecule has 13 heavy (non-hydrogen) atoms. The average molecular weight is 197 g/mol. The van der Waals surface area contributed by atoms with Gasteiger partial charge in [-0.05, 0) is 25.7 Å². The lowest BCUT2D eigenvalue weighted by molar-refractivity contribution is 0.281. The van der Waals surface area contributed by atoms with Crippen LogP contribution in [0.1, 0.15) is 41.3 Å². The fourth-order valence-electron chi connectivity index (χ4n) is 1.83. The van der Waals surface area contributed by atoms with Crippen molar-refractivity contribution in [2.45, 2.75) is 45.1 Å². The molecular weight excluding hydrogens is 182 g/mol. The van der Waals surface area contributed by atoms with E-state index in [0.29, 0.717) is 0 Å². The summed E-state index contributed by atoms with van der Waals surface area (Å²) in [5.41, 5.74) is 1.26. The van der Waals surface area contributed by atoms with Crippen LogP contribution >= 0.6 is 11.3 Å². The number of fused-ring (bicyclic) bond motifs is 1. The number of nitrogens with zero attached hydrogens (tertiary/aromatic N) is 1. The van der Waals surface area contributed by atoms with E-state index in [0.717, 1.165) is 11.4 Å². The van der Waals surface area contributed by atoms with Gasteiger partial charge < -0.3 is 5.11 Å². The van der Waals surface area contributed by atoms with Crippen LogP contribution in [0, 0.1) is 0 Å². The Balaban J connectivity index is 2.21. The summed E-state index contributed by atoms with van der Waals surface area (Å²) in [7, 11) is 0. The lowest BCUT2D eigenvalue weighted by Gasteiger charge is -2.06. The van der Waals surface area contributed by atoms with E-state index in [1.165, 1.54) is 42.7 Å². The summed E-state index contributed by atoms with van der Waals surface area (Å²) in [5, 5.41) is 9.87. The first-order chi connectivity index (χ1) is 6.40. The van der Waals surface area contributed by atoms with Crippen LogP contribution in [0.15, 0.2) is 0 Å². The normalized spacial score (nSPS) is 17.6. The van der Waals surface area contributed by atoms with E-state index in [1.807, 2.05) is 0 Å². The summed E-state index contributed by atoms with van der Waals surface area (Å²) in [5.74, 6) is 0. The van der Waals surface area contributed by atoms with Crippen molar-refractivity contribution in [1.29, 1.82) is 0 Å². The Morgan fingerprint density at radius 3 is 2.69 bits per heavy atom. The van der Waals surface area contributed by atoms with E-state index in [2.05, 4.69) is 4.98 Å². The standard InChI is InChI=1S/C10H15NOS/c12-7-10-11-8-5-3-1-2-4-6-9(8)13-10/h12H,1-7H2. The van der Waals surface area contributed by atoms with Crippen LogP contribution in [-0.2, 0) is 19.4 Å². The fourth-order valence-corrected chi connectivity index (χ4v) is 2.84. The molecule has 0 saturated heterocycles. The van der Waals surface area contributed by atoms with Crippen LogP contribution in [0.4, 0.5) is 0 Å². The van der Waals surface area contributed by atoms with Crippen molar-refractivity contribution in [3.05, 3.63) is 15.6 Å². The van der Waals surface area contributed by atoms with Gasteiger partial charge in [0.25, 0.3) is 0 Å². The maximum atomic E-state index is 8.98. The molecule has 0 radical (unpaired) electrons. The van der Waals surface area contributed by atoms with Crippen molar-refractivity contribution in [1.82, 2.24) is 4.98 Å². The quantitative estimate of drug-likeness (QED) is 0.749. The fraction of sp³-hybridized carbons (Fsp3) is 0.700. The maximum absolute atomic E-state index is 8.98. The molecule has 1 N–H and O–H groups in total. The number of hydrogen-bond acceptors (Lipinski definition) is 3. The minimum Gasteiger partial charge on any atom is -0.389 e. The van der Waals surface area contributed by atoms with Crippen LogP contribution in [0.25, 0.3) is 0 Å². The Morgan fingerprint density at radius 2 is 1.92 bits per heavy atom. The molecule has 0 aliphatic heterocycles. The summed E-state index contributed by atoms with van der Waals surface area (Å²) in [6.07, 6.45) is 7.54. The Kier molecular flexibility index (Phi) is 2.96. The van der Waals surface area contributed by atoms with Gasteiger partial charge in [0.2, 0.25) is 0 Å². The maximum Gasteiger partial charge on any atom is 0.119 e. The van der Waals surface area contributed by atoms with Crippen LogP contribution < -0.4 is 0 Å². The Morgan fingerprint density at radius 1 is 1.15 bits per heavy atom. The predicted molar refractivity (Wildman–Crippen MR) is 53.9 cm³/mol. The Bertz CT molecular complexity index is 257. The van der Waals surface area contributed by atoms with Crippen LogP contribution in [0.5, 0.6) is 0 Å². The molecule has 3 heteroatoms. The highest BCUT2D eigenvalue weighted by Gasteiger charge is 2.12. The third-order valence-electron chi connectivity index (χ3n) is 2.53. The second-order valence-corrected chi connectivity index (χ2v) is 4.72. The molecule has 1 aliphatic carbocycles. The summed E-state index contributed by atoms with van der Waals surface area (Å²) in [6.45, 7) is 0.109. The highest BCUT2D eigenvalue weighted by atomic mass is 32.1. The zero-order chi connectivity index (χ0) is 9.10. The van der Waals surface area contributed by atoms with E-state index >= 15 is 0 Å². The zero-order valence-electron chi connectivity index (χ0n) is 7.75. The first-order valence-corrected chi connectivity index (χ1v) is 5.80. The molecule has 0 spiro atoms. The predicted octanol–water partition coefficient (Wildman–Crippen LogP) is 2.29. The van der Waals surface area contributed by atoms with Gasteiger partial charge in [-0.15, -0.1) is 11.3 Å². The smallest absolute Gasteiger partial charge is 0.119 e. The molecule has 1 aliphatic rings. The van der Waals surface area contributed by atoms with Gasteiger partial charge in [0.1, 0.15) is 5.01 Å². The third-order valence-corrected chi connectivity index (χ3v) is 3.67. The van der Waals surface area contributed by atoms with Crippen molar-refractivity contribution in [3.63, 3.8) is 0 Å².